The van der Waals surface area contributed by atoms with Crippen molar-refractivity contribution >= 4 is 15.1 Å². The lowest BCUT2D eigenvalue weighted by molar-refractivity contribution is 0.469. The highest BCUT2D eigenvalue weighted by atomic mass is 28.3. The first-order valence-electron chi connectivity index (χ1n) is 6.27. The van der Waals surface area contributed by atoms with Crippen molar-refractivity contribution in [1.82, 2.24) is 0 Å². The van der Waals surface area contributed by atoms with Crippen LogP contribution < -0.4 is 0 Å². The van der Waals surface area contributed by atoms with Crippen molar-refractivity contribution in [2.75, 3.05) is 0 Å². The van der Waals surface area contributed by atoms with Crippen molar-refractivity contribution in [2.45, 2.75) is 45.7 Å². The standard InChI is InChI=1S/C15H23OSi/c1-12(2)17(13(3)4)16-11-10-15-8-6-14(5)7-9-15/h6-13H,1-5H3. The minimum Gasteiger partial charge on any atom is -0.547 e. The molecule has 0 N–H and O–H groups in total. The van der Waals surface area contributed by atoms with Crippen molar-refractivity contribution in [3.63, 3.8) is 0 Å². The van der Waals surface area contributed by atoms with Crippen LogP contribution in [0.2, 0.25) is 11.1 Å². The van der Waals surface area contributed by atoms with Gasteiger partial charge in [0.25, 0.3) is 9.04 Å². The summed E-state index contributed by atoms with van der Waals surface area (Å²) in [6.45, 7) is 11.1. The summed E-state index contributed by atoms with van der Waals surface area (Å²) in [4.78, 5) is 0. The number of rotatable bonds is 5. The van der Waals surface area contributed by atoms with Crippen LogP contribution in [0.4, 0.5) is 0 Å². The van der Waals surface area contributed by atoms with Gasteiger partial charge in [-0.2, -0.15) is 0 Å². The lowest BCUT2D eigenvalue weighted by Crippen LogP contribution is -2.22. The minimum atomic E-state index is -0.743. The third kappa shape index (κ3) is 4.78. The van der Waals surface area contributed by atoms with Crippen LogP contribution in [0.25, 0.3) is 6.08 Å². The van der Waals surface area contributed by atoms with Crippen molar-refractivity contribution in [1.29, 1.82) is 0 Å². The van der Waals surface area contributed by atoms with E-state index in [0.717, 1.165) is 0 Å². The Kier molecular flexibility index (Phi) is 5.49. The van der Waals surface area contributed by atoms with Crippen molar-refractivity contribution in [2.24, 2.45) is 0 Å². The molecule has 0 bridgehead atoms. The van der Waals surface area contributed by atoms with Gasteiger partial charge in [-0.15, -0.1) is 0 Å². The Hall–Kier alpha value is -1.02. The van der Waals surface area contributed by atoms with Gasteiger partial charge in [-0.05, 0) is 29.6 Å². The SMILES string of the molecule is Cc1ccc(C=CO[Si](C(C)C)C(C)C)cc1. The van der Waals surface area contributed by atoms with E-state index in [-0.39, 0.29) is 0 Å². The van der Waals surface area contributed by atoms with Crippen LogP contribution in [0.15, 0.2) is 30.5 Å². The zero-order chi connectivity index (χ0) is 12.8. The van der Waals surface area contributed by atoms with E-state index in [9.17, 15) is 0 Å². The molecule has 1 aromatic carbocycles. The Morgan fingerprint density at radius 2 is 1.53 bits per heavy atom. The maximum absolute atomic E-state index is 5.92. The molecule has 1 rings (SSSR count). The molecule has 1 aromatic rings. The average Bonchev–Trinajstić information content (AvgIpc) is 2.25. The third-order valence-electron chi connectivity index (χ3n) is 2.68. The molecule has 0 atom stereocenters. The summed E-state index contributed by atoms with van der Waals surface area (Å²) < 4.78 is 5.92. The average molecular weight is 247 g/mol. The van der Waals surface area contributed by atoms with Crippen molar-refractivity contribution < 1.29 is 4.43 Å². The summed E-state index contributed by atoms with van der Waals surface area (Å²) in [6.07, 6.45) is 3.92. The van der Waals surface area contributed by atoms with Gasteiger partial charge in [0.2, 0.25) is 0 Å². The third-order valence-corrected chi connectivity index (χ3v) is 5.36. The van der Waals surface area contributed by atoms with Gasteiger partial charge in [0.15, 0.2) is 0 Å². The van der Waals surface area contributed by atoms with Gasteiger partial charge < -0.3 is 4.43 Å². The molecule has 0 aliphatic rings. The lowest BCUT2D eigenvalue weighted by Gasteiger charge is -2.20. The molecule has 0 saturated carbocycles. The summed E-state index contributed by atoms with van der Waals surface area (Å²) in [6, 6.07) is 8.48. The molecule has 0 spiro atoms. The quantitative estimate of drug-likeness (QED) is 0.537. The van der Waals surface area contributed by atoms with Crippen LogP contribution in [0.1, 0.15) is 38.8 Å². The topological polar surface area (TPSA) is 9.23 Å². The number of aryl methyl sites for hydroxylation is 1. The Labute approximate surface area is 107 Å². The second-order valence-corrected chi connectivity index (χ2v) is 8.39. The summed E-state index contributed by atoms with van der Waals surface area (Å²) in [7, 11) is -0.743. The smallest absolute Gasteiger partial charge is 0.285 e. The largest absolute Gasteiger partial charge is 0.547 e. The Balaban J connectivity index is 2.57. The van der Waals surface area contributed by atoms with Gasteiger partial charge in [0.1, 0.15) is 0 Å². The number of benzene rings is 1. The summed E-state index contributed by atoms with van der Waals surface area (Å²) in [5.41, 5.74) is 3.77. The zero-order valence-corrected chi connectivity index (χ0v) is 12.5. The van der Waals surface area contributed by atoms with Crippen LogP contribution in [0.3, 0.4) is 0 Å². The Morgan fingerprint density at radius 3 is 2.00 bits per heavy atom. The molecular weight excluding hydrogens is 224 g/mol. The van der Waals surface area contributed by atoms with Crippen LogP contribution >= 0.6 is 0 Å². The molecule has 0 saturated heterocycles. The maximum atomic E-state index is 5.92. The van der Waals surface area contributed by atoms with E-state index >= 15 is 0 Å². The summed E-state index contributed by atoms with van der Waals surface area (Å²) in [5.74, 6) is 0. The fourth-order valence-electron chi connectivity index (χ4n) is 1.81. The highest BCUT2D eigenvalue weighted by Crippen LogP contribution is 2.21. The minimum absolute atomic E-state index is 0.641. The van der Waals surface area contributed by atoms with Crippen LogP contribution in [0.5, 0.6) is 0 Å². The molecular formula is C15H23OSi. The monoisotopic (exact) mass is 247 g/mol. The van der Waals surface area contributed by atoms with E-state index in [1.165, 1.54) is 11.1 Å². The molecule has 0 fully saturated rings. The second kappa shape index (κ2) is 6.65. The number of hydrogen-bond donors (Lipinski definition) is 0. The molecule has 0 unspecified atom stereocenters. The van der Waals surface area contributed by atoms with Crippen LogP contribution in [0, 0.1) is 6.92 Å². The molecule has 93 valence electrons. The first kappa shape index (κ1) is 14.0. The molecule has 0 aliphatic carbocycles. The van der Waals surface area contributed by atoms with Gasteiger partial charge >= 0.3 is 0 Å². The van der Waals surface area contributed by atoms with Crippen molar-refractivity contribution in [3.05, 3.63) is 41.7 Å². The van der Waals surface area contributed by atoms with Crippen LogP contribution in [-0.2, 0) is 4.43 Å². The summed E-state index contributed by atoms with van der Waals surface area (Å²) >= 11 is 0. The lowest BCUT2D eigenvalue weighted by atomic mass is 10.1. The van der Waals surface area contributed by atoms with E-state index in [1.54, 1.807) is 0 Å². The molecule has 2 heteroatoms. The predicted octanol–water partition coefficient (Wildman–Crippen LogP) is 4.79. The fourth-order valence-corrected chi connectivity index (χ4v) is 3.91. The first-order valence-corrected chi connectivity index (χ1v) is 7.83. The first-order chi connectivity index (χ1) is 8.00. The van der Waals surface area contributed by atoms with E-state index in [0.29, 0.717) is 11.1 Å². The van der Waals surface area contributed by atoms with Crippen LogP contribution in [-0.4, -0.2) is 9.04 Å². The Morgan fingerprint density at radius 1 is 1.00 bits per heavy atom. The van der Waals surface area contributed by atoms with Gasteiger partial charge in [-0.25, -0.2) is 0 Å². The van der Waals surface area contributed by atoms with Crippen molar-refractivity contribution in [3.8, 4) is 0 Å². The van der Waals surface area contributed by atoms with Gasteiger partial charge in [0.05, 0.1) is 6.26 Å². The normalized spacial score (nSPS) is 12.0. The fraction of sp³-hybridized carbons (Fsp3) is 0.467. The highest BCUT2D eigenvalue weighted by Gasteiger charge is 2.22. The van der Waals surface area contributed by atoms with E-state index < -0.39 is 9.04 Å². The molecule has 1 nitrogen and oxygen atoms in total. The molecule has 0 heterocycles. The van der Waals surface area contributed by atoms with E-state index in [4.69, 9.17) is 4.43 Å². The van der Waals surface area contributed by atoms with Gasteiger partial charge in [-0.1, -0.05) is 57.5 Å². The molecule has 0 aliphatic heterocycles. The Bertz CT molecular complexity index is 344. The number of hydrogen-bond acceptors (Lipinski definition) is 1. The predicted molar refractivity (Wildman–Crippen MR) is 77.2 cm³/mol. The molecule has 17 heavy (non-hydrogen) atoms. The molecule has 1 radical (unpaired) electrons. The molecule has 0 aromatic heterocycles. The summed E-state index contributed by atoms with van der Waals surface area (Å²) in [5, 5.41) is 0. The van der Waals surface area contributed by atoms with E-state index in [2.05, 4.69) is 65.0 Å². The van der Waals surface area contributed by atoms with Gasteiger partial charge in [-0.3, -0.25) is 0 Å². The zero-order valence-electron chi connectivity index (χ0n) is 11.5. The highest BCUT2D eigenvalue weighted by molar-refractivity contribution is 6.55. The van der Waals surface area contributed by atoms with Gasteiger partial charge in [0, 0.05) is 0 Å². The second-order valence-electron chi connectivity index (χ2n) is 5.04. The maximum Gasteiger partial charge on any atom is 0.285 e. The molecule has 0 amide bonds. The van der Waals surface area contributed by atoms with E-state index in [1.807, 2.05) is 6.26 Å².